The summed E-state index contributed by atoms with van der Waals surface area (Å²) in [5.74, 6) is 1.41. The average Bonchev–Trinajstić information content (AvgIpc) is 2.46. The third-order valence-corrected chi connectivity index (χ3v) is 3.59. The number of rotatable bonds is 9. The second-order valence-corrected chi connectivity index (χ2v) is 5.40. The van der Waals surface area contributed by atoms with Crippen LogP contribution in [0.3, 0.4) is 0 Å². The number of nitrogens with zero attached hydrogens (tertiary/aromatic N) is 1. The molecular formula is C14H23N3OS. The molecule has 0 aliphatic heterocycles. The Hall–Kier alpha value is -1.20. The van der Waals surface area contributed by atoms with E-state index in [0.29, 0.717) is 0 Å². The molecule has 106 valence electrons. The zero-order valence-corrected chi connectivity index (χ0v) is 12.2. The predicted molar refractivity (Wildman–Crippen MR) is 82.9 cm³/mol. The van der Waals surface area contributed by atoms with E-state index in [4.69, 9.17) is 10.9 Å². The molecule has 0 bridgehead atoms. The van der Waals surface area contributed by atoms with Crippen molar-refractivity contribution < 1.29 is 5.21 Å². The van der Waals surface area contributed by atoms with Crippen LogP contribution in [0.1, 0.15) is 30.4 Å². The summed E-state index contributed by atoms with van der Waals surface area (Å²) in [6, 6.07) is 7.72. The van der Waals surface area contributed by atoms with Gasteiger partial charge < -0.3 is 16.3 Å². The lowest BCUT2D eigenvalue weighted by molar-refractivity contribution is 0.318. The molecule has 0 spiro atoms. The number of hydrogen-bond acceptors (Lipinski definition) is 4. The highest BCUT2D eigenvalue weighted by molar-refractivity contribution is 7.98. The predicted octanol–water partition coefficient (Wildman–Crippen LogP) is 2.40. The fraction of sp³-hybridized carbons (Fsp3) is 0.500. The molecule has 4 nitrogen and oxygen atoms in total. The van der Waals surface area contributed by atoms with Crippen LogP contribution in [0, 0.1) is 0 Å². The van der Waals surface area contributed by atoms with Crippen LogP contribution in [0.4, 0.5) is 0 Å². The topological polar surface area (TPSA) is 70.6 Å². The maximum absolute atomic E-state index is 8.57. The second-order valence-electron chi connectivity index (χ2n) is 4.41. The maximum Gasteiger partial charge on any atom is 0.170 e. The number of amidine groups is 1. The van der Waals surface area contributed by atoms with Crippen molar-refractivity contribution in [3.63, 3.8) is 0 Å². The molecule has 0 aliphatic rings. The van der Waals surface area contributed by atoms with Crippen LogP contribution in [-0.4, -0.2) is 29.6 Å². The number of benzene rings is 1. The Labute approximate surface area is 119 Å². The van der Waals surface area contributed by atoms with Gasteiger partial charge in [-0.2, -0.15) is 11.8 Å². The number of thioether (sulfide) groups is 1. The van der Waals surface area contributed by atoms with Crippen LogP contribution in [0.15, 0.2) is 29.4 Å². The summed E-state index contributed by atoms with van der Waals surface area (Å²) in [5.41, 5.74) is 7.45. The zero-order valence-electron chi connectivity index (χ0n) is 11.4. The standard InChI is InChI=1S/C14H23N3OS/c1-19-10-4-2-3-9-16-11-12-5-7-13(8-6-12)14(15)17-18/h5-8,16,18H,2-4,9-11H2,1H3,(H2,15,17). The normalized spacial score (nSPS) is 11.7. The molecule has 1 aromatic rings. The van der Waals surface area contributed by atoms with Gasteiger partial charge in [0.2, 0.25) is 0 Å². The highest BCUT2D eigenvalue weighted by Gasteiger charge is 1.98. The quantitative estimate of drug-likeness (QED) is 0.214. The van der Waals surface area contributed by atoms with Gasteiger partial charge >= 0.3 is 0 Å². The summed E-state index contributed by atoms with van der Waals surface area (Å²) in [4.78, 5) is 0. The summed E-state index contributed by atoms with van der Waals surface area (Å²) in [7, 11) is 0. The van der Waals surface area contributed by atoms with E-state index >= 15 is 0 Å². The van der Waals surface area contributed by atoms with E-state index in [9.17, 15) is 0 Å². The molecule has 4 N–H and O–H groups in total. The van der Waals surface area contributed by atoms with Gasteiger partial charge in [-0.25, -0.2) is 0 Å². The summed E-state index contributed by atoms with van der Waals surface area (Å²) in [5, 5.41) is 15.0. The molecule has 0 aliphatic carbocycles. The molecule has 0 fully saturated rings. The lowest BCUT2D eigenvalue weighted by atomic mass is 10.1. The van der Waals surface area contributed by atoms with E-state index in [-0.39, 0.29) is 5.84 Å². The lowest BCUT2D eigenvalue weighted by Crippen LogP contribution is -2.16. The van der Waals surface area contributed by atoms with Crippen LogP contribution in [0.5, 0.6) is 0 Å². The Morgan fingerprint density at radius 2 is 2.00 bits per heavy atom. The largest absolute Gasteiger partial charge is 0.409 e. The SMILES string of the molecule is CSCCCCCNCc1ccc(/C(N)=N/O)cc1. The molecule has 0 saturated carbocycles. The third-order valence-electron chi connectivity index (χ3n) is 2.89. The van der Waals surface area contributed by atoms with Crippen molar-refractivity contribution >= 4 is 17.6 Å². The van der Waals surface area contributed by atoms with E-state index < -0.39 is 0 Å². The summed E-state index contributed by atoms with van der Waals surface area (Å²) >= 11 is 1.91. The average molecular weight is 281 g/mol. The molecule has 1 aromatic carbocycles. The van der Waals surface area contributed by atoms with Gasteiger partial charge in [0.15, 0.2) is 5.84 Å². The lowest BCUT2D eigenvalue weighted by Gasteiger charge is -2.06. The number of nitrogens with two attached hydrogens (primary N) is 1. The Balaban J connectivity index is 2.19. The highest BCUT2D eigenvalue weighted by Crippen LogP contribution is 2.05. The molecule has 19 heavy (non-hydrogen) atoms. The van der Waals surface area contributed by atoms with Crippen LogP contribution in [0.2, 0.25) is 0 Å². The molecule has 0 heterocycles. The van der Waals surface area contributed by atoms with Gasteiger partial charge in [0.1, 0.15) is 0 Å². The van der Waals surface area contributed by atoms with Crippen molar-refractivity contribution in [2.75, 3.05) is 18.6 Å². The van der Waals surface area contributed by atoms with Gasteiger partial charge in [-0.1, -0.05) is 35.8 Å². The molecular weight excluding hydrogens is 258 g/mol. The summed E-state index contributed by atoms with van der Waals surface area (Å²) < 4.78 is 0. The van der Waals surface area contributed by atoms with Gasteiger partial charge in [-0.3, -0.25) is 0 Å². The molecule has 0 unspecified atom stereocenters. The Morgan fingerprint density at radius 1 is 1.26 bits per heavy atom. The van der Waals surface area contributed by atoms with Gasteiger partial charge in [0.25, 0.3) is 0 Å². The minimum atomic E-state index is 0.147. The smallest absolute Gasteiger partial charge is 0.170 e. The molecule has 0 atom stereocenters. The van der Waals surface area contributed by atoms with E-state index in [1.807, 2.05) is 36.0 Å². The third kappa shape index (κ3) is 6.50. The van der Waals surface area contributed by atoms with Crippen LogP contribution < -0.4 is 11.1 Å². The highest BCUT2D eigenvalue weighted by atomic mass is 32.2. The number of hydrogen-bond donors (Lipinski definition) is 3. The molecule has 1 rings (SSSR count). The van der Waals surface area contributed by atoms with Gasteiger partial charge in [0.05, 0.1) is 0 Å². The Kier molecular flexibility index (Phi) is 8.09. The number of oxime groups is 1. The first kappa shape index (κ1) is 15.9. The zero-order chi connectivity index (χ0) is 13.9. The van der Waals surface area contributed by atoms with Gasteiger partial charge in [0, 0.05) is 12.1 Å². The van der Waals surface area contributed by atoms with Crippen molar-refractivity contribution in [2.45, 2.75) is 25.8 Å². The van der Waals surface area contributed by atoms with Crippen LogP contribution >= 0.6 is 11.8 Å². The van der Waals surface area contributed by atoms with Crippen molar-refractivity contribution in [1.29, 1.82) is 0 Å². The molecule has 0 saturated heterocycles. The number of unbranched alkanes of at least 4 members (excludes halogenated alkanes) is 2. The van der Waals surface area contributed by atoms with Crippen molar-refractivity contribution in [3.8, 4) is 0 Å². The molecule has 0 aromatic heterocycles. The second kappa shape index (κ2) is 9.69. The van der Waals surface area contributed by atoms with E-state index in [2.05, 4.69) is 16.7 Å². The van der Waals surface area contributed by atoms with Crippen molar-refractivity contribution in [1.82, 2.24) is 5.32 Å². The van der Waals surface area contributed by atoms with Crippen molar-refractivity contribution in [2.24, 2.45) is 10.9 Å². The number of nitrogens with one attached hydrogen (secondary N) is 1. The summed E-state index contributed by atoms with van der Waals surface area (Å²) in [6.07, 6.45) is 5.96. The molecule has 0 amide bonds. The Morgan fingerprint density at radius 3 is 2.63 bits per heavy atom. The fourth-order valence-electron chi connectivity index (χ4n) is 1.76. The first-order chi connectivity index (χ1) is 9.27. The first-order valence-corrected chi connectivity index (χ1v) is 7.94. The van der Waals surface area contributed by atoms with E-state index in [1.165, 1.54) is 30.6 Å². The van der Waals surface area contributed by atoms with Gasteiger partial charge in [-0.15, -0.1) is 0 Å². The van der Waals surface area contributed by atoms with Crippen LogP contribution in [-0.2, 0) is 6.54 Å². The minimum Gasteiger partial charge on any atom is -0.409 e. The summed E-state index contributed by atoms with van der Waals surface area (Å²) in [6.45, 7) is 1.91. The maximum atomic E-state index is 8.57. The van der Waals surface area contributed by atoms with E-state index in [0.717, 1.165) is 18.7 Å². The first-order valence-electron chi connectivity index (χ1n) is 6.54. The minimum absolute atomic E-state index is 0.147. The van der Waals surface area contributed by atoms with Crippen molar-refractivity contribution in [3.05, 3.63) is 35.4 Å². The molecule has 0 radical (unpaired) electrons. The van der Waals surface area contributed by atoms with Gasteiger partial charge in [-0.05, 0) is 37.0 Å². The van der Waals surface area contributed by atoms with Crippen LogP contribution in [0.25, 0.3) is 0 Å². The monoisotopic (exact) mass is 281 g/mol. The van der Waals surface area contributed by atoms with E-state index in [1.54, 1.807) is 0 Å². The molecule has 5 heteroatoms. The Bertz CT molecular complexity index is 379. The fourth-order valence-corrected chi connectivity index (χ4v) is 2.25.